The summed E-state index contributed by atoms with van der Waals surface area (Å²) in [5.41, 5.74) is 7.32. The van der Waals surface area contributed by atoms with Gasteiger partial charge in [0.05, 0.1) is 6.67 Å². The SMILES string of the molecule is NCN1CCCC/C1=C/C1CCCCC1. The lowest BCUT2D eigenvalue weighted by molar-refractivity contribution is 0.290. The molecule has 2 heteroatoms. The molecule has 0 bridgehead atoms. The quantitative estimate of drug-likeness (QED) is 0.756. The van der Waals surface area contributed by atoms with E-state index in [2.05, 4.69) is 11.0 Å². The first-order valence-electron chi connectivity index (χ1n) is 6.56. The summed E-state index contributed by atoms with van der Waals surface area (Å²) in [5, 5.41) is 0. The van der Waals surface area contributed by atoms with Gasteiger partial charge in [0.1, 0.15) is 0 Å². The zero-order valence-electron chi connectivity index (χ0n) is 9.75. The van der Waals surface area contributed by atoms with Crippen LogP contribution in [-0.2, 0) is 0 Å². The summed E-state index contributed by atoms with van der Waals surface area (Å²) in [7, 11) is 0. The molecular weight excluding hydrogens is 184 g/mol. The van der Waals surface area contributed by atoms with E-state index in [4.69, 9.17) is 5.73 Å². The van der Waals surface area contributed by atoms with Crippen LogP contribution < -0.4 is 5.73 Å². The van der Waals surface area contributed by atoms with Crippen LogP contribution in [0.3, 0.4) is 0 Å². The summed E-state index contributed by atoms with van der Waals surface area (Å²) in [6, 6.07) is 0. The predicted molar refractivity (Wildman–Crippen MR) is 64.3 cm³/mol. The Balaban J connectivity index is 1.95. The Morgan fingerprint density at radius 2 is 1.93 bits per heavy atom. The Kier molecular flexibility index (Phi) is 4.07. The van der Waals surface area contributed by atoms with Crippen molar-refractivity contribution in [1.82, 2.24) is 4.90 Å². The molecule has 0 spiro atoms. The largest absolute Gasteiger partial charge is 0.363 e. The Bertz CT molecular complexity index is 217. The molecule has 15 heavy (non-hydrogen) atoms. The molecule has 1 aliphatic heterocycles. The number of nitrogens with zero attached hydrogens (tertiary/aromatic N) is 1. The molecule has 2 rings (SSSR count). The van der Waals surface area contributed by atoms with E-state index in [1.165, 1.54) is 63.6 Å². The van der Waals surface area contributed by atoms with Crippen molar-refractivity contribution in [2.24, 2.45) is 11.7 Å². The van der Waals surface area contributed by atoms with Crippen LogP contribution in [0.15, 0.2) is 11.8 Å². The van der Waals surface area contributed by atoms with Crippen molar-refractivity contribution in [2.45, 2.75) is 51.4 Å². The van der Waals surface area contributed by atoms with Gasteiger partial charge in [0.25, 0.3) is 0 Å². The van der Waals surface area contributed by atoms with E-state index >= 15 is 0 Å². The van der Waals surface area contributed by atoms with Crippen molar-refractivity contribution in [2.75, 3.05) is 13.2 Å². The Morgan fingerprint density at radius 3 is 2.67 bits per heavy atom. The zero-order valence-corrected chi connectivity index (χ0v) is 9.75. The Hall–Kier alpha value is -0.500. The van der Waals surface area contributed by atoms with Crippen LogP contribution in [0.2, 0.25) is 0 Å². The van der Waals surface area contributed by atoms with Gasteiger partial charge in [-0.3, -0.25) is 0 Å². The fraction of sp³-hybridized carbons (Fsp3) is 0.846. The van der Waals surface area contributed by atoms with Gasteiger partial charge >= 0.3 is 0 Å². The molecule has 86 valence electrons. The van der Waals surface area contributed by atoms with Gasteiger partial charge in [-0.15, -0.1) is 0 Å². The van der Waals surface area contributed by atoms with Gasteiger partial charge in [-0.1, -0.05) is 25.3 Å². The molecule has 2 aliphatic rings. The van der Waals surface area contributed by atoms with Gasteiger partial charge < -0.3 is 10.6 Å². The molecule has 0 unspecified atom stereocenters. The summed E-state index contributed by atoms with van der Waals surface area (Å²) < 4.78 is 0. The van der Waals surface area contributed by atoms with E-state index in [0.29, 0.717) is 6.67 Å². The maximum absolute atomic E-state index is 5.78. The van der Waals surface area contributed by atoms with Crippen molar-refractivity contribution >= 4 is 0 Å². The number of allylic oxidation sites excluding steroid dienone is 2. The maximum atomic E-state index is 5.78. The molecule has 0 aromatic carbocycles. The van der Waals surface area contributed by atoms with Gasteiger partial charge in [-0.2, -0.15) is 0 Å². The zero-order chi connectivity index (χ0) is 10.5. The first-order valence-corrected chi connectivity index (χ1v) is 6.56. The highest BCUT2D eigenvalue weighted by atomic mass is 15.2. The average Bonchev–Trinajstić information content (AvgIpc) is 2.31. The molecule has 0 radical (unpaired) electrons. The number of nitrogens with two attached hydrogens (primary N) is 1. The number of hydrogen-bond acceptors (Lipinski definition) is 2. The fourth-order valence-electron chi connectivity index (χ4n) is 2.88. The van der Waals surface area contributed by atoms with E-state index < -0.39 is 0 Å². The molecule has 2 nitrogen and oxygen atoms in total. The molecular formula is C13H24N2. The lowest BCUT2D eigenvalue weighted by Gasteiger charge is -2.32. The van der Waals surface area contributed by atoms with Crippen molar-refractivity contribution in [3.05, 3.63) is 11.8 Å². The predicted octanol–water partition coefficient (Wildman–Crippen LogP) is 2.85. The number of likely N-dealkylation sites (tertiary alicyclic amines) is 1. The first kappa shape index (κ1) is 11.0. The molecule has 1 saturated heterocycles. The molecule has 1 heterocycles. The topological polar surface area (TPSA) is 29.3 Å². The summed E-state index contributed by atoms with van der Waals surface area (Å²) in [6.07, 6.45) is 13.6. The third-order valence-electron chi connectivity index (χ3n) is 3.82. The molecule has 1 saturated carbocycles. The average molecular weight is 208 g/mol. The molecule has 0 amide bonds. The third kappa shape index (κ3) is 2.97. The van der Waals surface area contributed by atoms with Gasteiger partial charge in [0, 0.05) is 12.2 Å². The summed E-state index contributed by atoms with van der Waals surface area (Å²) in [6.45, 7) is 1.88. The fourth-order valence-corrected chi connectivity index (χ4v) is 2.88. The Labute approximate surface area is 93.5 Å². The second kappa shape index (κ2) is 5.55. The monoisotopic (exact) mass is 208 g/mol. The molecule has 0 aromatic heterocycles. The van der Waals surface area contributed by atoms with Crippen LogP contribution in [0.5, 0.6) is 0 Å². The number of hydrogen-bond donors (Lipinski definition) is 1. The number of piperidine rings is 1. The minimum atomic E-state index is 0.707. The second-order valence-electron chi connectivity index (χ2n) is 4.96. The van der Waals surface area contributed by atoms with E-state index in [1.807, 2.05) is 0 Å². The van der Waals surface area contributed by atoms with Gasteiger partial charge in [0.2, 0.25) is 0 Å². The van der Waals surface area contributed by atoms with E-state index in [9.17, 15) is 0 Å². The van der Waals surface area contributed by atoms with Crippen molar-refractivity contribution < 1.29 is 0 Å². The van der Waals surface area contributed by atoms with Crippen LogP contribution in [0.1, 0.15) is 51.4 Å². The summed E-state index contributed by atoms with van der Waals surface area (Å²) in [4.78, 5) is 2.37. The highest BCUT2D eigenvalue weighted by Gasteiger charge is 2.17. The van der Waals surface area contributed by atoms with Crippen LogP contribution in [0.4, 0.5) is 0 Å². The highest BCUT2D eigenvalue weighted by molar-refractivity contribution is 5.06. The van der Waals surface area contributed by atoms with Gasteiger partial charge in [-0.05, 0) is 38.0 Å². The van der Waals surface area contributed by atoms with Gasteiger partial charge in [-0.25, -0.2) is 0 Å². The van der Waals surface area contributed by atoms with Crippen molar-refractivity contribution in [1.29, 1.82) is 0 Å². The van der Waals surface area contributed by atoms with Crippen LogP contribution in [0, 0.1) is 5.92 Å². The van der Waals surface area contributed by atoms with E-state index in [0.717, 1.165) is 5.92 Å². The smallest absolute Gasteiger partial charge is 0.0653 e. The normalized spacial score (nSPS) is 27.3. The molecule has 1 aliphatic carbocycles. The summed E-state index contributed by atoms with van der Waals surface area (Å²) >= 11 is 0. The highest BCUT2D eigenvalue weighted by Crippen LogP contribution is 2.28. The maximum Gasteiger partial charge on any atom is 0.0653 e. The van der Waals surface area contributed by atoms with E-state index in [1.54, 1.807) is 0 Å². The molecule has 2 fully saturated rings. The number of rotatable bonds is 2. The van der Waals surface area contributed by atoms with E-state index in [-0.39, 0.29) is 0 Å². The first-order chi connectivity index (χ1) is 7.40. The van der Waals surface area contributed by atoms with Crippen molar-refractivity contribution in [3.63, 3.8) is 0 Å². The Morgan fingerprint density at radius 1 is 1.13 bits per heavy atom. The minimum absolute atomic E-state index is 0.707. The lowest BCUT2D eigenvalue weighted by atomic mass is 9.87. The molecule has 0 atom stereocenters. The second-order valence-corrected chi connectivity index (χ2v) is 4.96. The van der Waals surface area contributed by atoms with Crippen LogP contribution in [0.25, 0.3) is 0 Å². The molecule has 0 aromatic rings. The molecule has 2 N–H and O–H groups in total. The minimum Gasteiger partial charge on any atom is -0.363 e. The van der Waals surface area contributed by atoms with Crippen LogP contribution in [-0.4, -0.2) is 18.1 Å². The standard InChI is InChI=1S/C13H24N2/c14-11-15-9-5-4-8-13(15)10-12-6-2-1-3-7-12/h10,12H,1-9,11,14H2/b13-10-. The lowest BCUT2D eigenvalue weighted by Crippen LogP contribution is -2.33. The van der Waals surface area contributed by atoms with Gasteiger partial charge in [0.15, 0.2) is 0 Å². The third-order valence-corrected chi connectivity index (χ3v) is 3.82. The van der Waals surface area contributed by atoms with Crippen molar-refractivity contribution in [3.8, 4) is 0 Å². The summed E-state index contributed by atoms with van der Waals surface area (Å²) in [5.74, 6) is 0.848. The van der Waals surface area contributed by atoms with Crippen LogP contribution >= 0.6 is 0 Å².